The van der Waals surface area contributed by atoms with E-state index >= 15 is 0 Å². The van der Waals surface area contributed by atoms with Crippen molar-refractivity contribution in [3.63, 3.8) is 0 Å². The number of nitrogens with one attached hydrogen (secondary N) is 1. The number of hydrogen-bond donors (Lipinski definition) is 3. The summed E-state index contributed by atoms with van der Waals surface area (Å²) in [6.07, 6.45) is 7.11. The van der Waals surface area contributed by atoms with Gasteiger partial charge in [0.05, 0.1) is 16.4 Å². The van der Waals surface area contributed by atoms with Gasteiger partial charge < -0.3 is 14.9 Å². The zero-order valence-corrected chi connectivity index (χ0v) is 18.8. The van der Waals surface area contributed by atoms with Gasteiger partial charge in [0.15, 0.2) is 11.5 Å². The molecule has 2 aromatic rings. The van der Waals surface area contributed by atoms with E-state index in [2.05, 4.69) is 16.3 Å². The Morgan fingerprint density at radius 3 is 2.52 bits per heavy atom. The van der Waals surface area contributed by atoms with Crippen molar-refractivity contribution in [2.24, 2.45) is 0 Å². The topological polar surface area (TPSA) is 109 Å². The molecule has 164 valence electrons. The van der Waals surface area contributed by atoms with Gasteiger partial charge in [-0.1, -0.05) is 30.3 Å². The molecule has 0 bridgehead atoms. The fourth-order valence-corrected chi connectivity index (χ4v) is 3.96. The van der Waals surface area contributed by atoms with Crippen LogP contribution in [0.15, 0.2) is 71.5 Å². The molecule has 0 aliphatic heterocycles. The summed E-state index contributed by atoms with van der Waals surface area (Å²) in [5.74, 6) is -1.20. The van der Waals surface area contributed by atoms with Crippen molar-refractivity contribution in [3.8, 4) is 5.75 Å². The molecule has 1 aromatic heterocycles. The van der Waals surface area contributed by atoms with Crippen LogP contribution in [0.1, 0.15) is 19.4 Å². The highest BCUT2D eigenvalue weighted by atomic mass is 35.5. The van der Waals surface area contributed by atoms with Crippen LogP contribution in [0.25, 0.3) is 12.2 Å². The van der Waals surface area contributed by atoms with Gasteiger partial charge in [-0.05, 0) is 55.8 Å². The molecule has 0 aliphatic carbocycles. The van der Waals surface area contributed by atoms with E-state index in [1.54, 1.807) is 13.0 Å². The molecule has 2 rings (SSSR count). The van der Waals surface area contributed by atoms with Crippen LogP contribution in [0.4, 0.5) is 0 Å². The van der Waals surface area contributed by atoms with Crippen LogP contribution < -0.4 is 20.0 Å². The first kappa shape index (κ1) is 24.0. The van der Waals surface area contributed by atoms with E-state index in [1.807, 2.05) is 26.0 Å². The minimum absolute atomic E-state index is 0.0373. The summed E-state index contributed by atoms with van der Waals surface area (Å²) >= 11 is 5.86. The van der Waals surface area contributed by atoms with Crippen molar-refractivity contribution in [2.75, 3.05) is 0 Å². The van der Waals surface area contributed by atoms with Crippen LogP contribution in [0.2, 0.25) is 5.02 Å². The van der Waals surface area contributed by atoms with Gasteiger partial charge in [-0.15, -0.1) is 0 Å². The number of aryl methyl sites for hydroxylation is 1. The molecule has 7 nitrogen and oxygen atoms in total. The molecule has 0 saturated heterocycles. The zero-order chi connectivity index (χ0) is 23.2. The van der Waals surface area contributed by atoms with Crippen molar-refractivity contribution in [1.82, 2.24) is 9.71 Å². The van der Waals surface area contributed by atoms with Crippen molar-refractivity contribution in [1.29, 1.82) is 0 Å². The van der Waals surface area contributed by atoms with E-state index in [0.717, 1.165) is 22.8 Å². The molecule has 31 heavy (non-hydrogen) atoms. The number of allylic oxidation sites excluding steroid dienone is 1. The Balaban J connectivity index is 2.29. The maximum Gasteiger partial charge on any atom is 0.261 e. The summed E-state index contributed by atoms with van der Waals surface area (Å²) in [6.45, 7) is 8.66. The van der Waals surface area contributed by atoms with Gasteiger partial charge in [-0.3, -0.25) is 9.71 Å². The highest BCUT2D eigenvalue weighted by Crippen LogP contribution is 2.20. The van der Waals surface area contributed by atoms with E-state index in [0.29, 0.717) is 10.6 Å². The average Bonchev–Trinajstić information content (AvgIpc) is 2.70. The number of nitrogens with zero attached hydrogens (tertiary/aromatic N) is 1. The van der Waals surface area contributed by atoms with Gasteiger partial charge in [0.2, 0.25) is 5.76 Å². The third kappa shape index (κ3) is 6.13. The van der Waals surface area contributed by atoms with E-state index in [9.17, 15) is 18.6 Å². The lowest BCUT2D eigenvalue weighted by atomic mass is 10.2. The highest BCUT2D eigenvalue weighted by Gasteiger charge is 2.16. The van der Waals surface area contributed by atoms with E-state index in [-0.39, 0.29) is 16.4 Å². The highest BCUT2D eigenvalue weighted by molar-refractivity contribution is 7.89. The lowest BCUT2D eigenvalue weighted by Crippen LogP contribution is -2.27. The van der Waals surface area contributed by atoms with Crippen LogP contribution in [0.3, 0.4) is 0 Å². The molecule has 0 aliphatic rings. The third-order valence-electron chi connectivity index (χ3n) is 4.11. The van der Waals surface area contributed by atoms with E-state index in [1.165, 1.54) is 24.4 Å². The number of pyridine rings is 1. The van der Waals surface area contributed by atoms with Crippen molar-refractivity contribution in [3.05, 3.63) is 87.7 Å². The molecular formula is C22H23ClN2O5S. The molecule has 1 heterocycles. The Hall–Kier alpha value is -3.23. The van der Waals surface area contributed by atoms with E-state index in [4.69, 9.17) is 16.3 Å². The number of aliphatic hydroxyl groups excluding tert-OH is 2. The number of ether oxygens (including phenoxy) is 1. The summed E-state index contributed by atoms with van der Waals surface area (Å²) < 4.78 is 32.7. The van der Waals surface area contributed by atoms with Gasteiger partial charge in [0.1, 0.15) is 5.75 Å². The summed E-state index contributed by atoms with van der Waals surface area (Å²) in [6, 6.07) is 6.04. The van der Waals surface area contributed by atoms with Crippen LogP contribution in [0, 0.1) is 6.92 Å². The molecule has 0 fully saturated rings. The Morgan fingerprint density at radius 1 is 1.23 bits per heavy atom. The Labute approximate surface area is 186 Å². The predicted octanol–water partition coefficient (Wildman–Crippen LogP) is 3.36. The van der Waals surface area contributed by atoms with Crippen LogP contribution >= 0.6 is 11.6 Å². The quantitative estimate of drug-likeness (QED) is 0.430. The van der Waals surface area contributed by atoms with Crippen LogP contribution in [-0.2, 0) is 10.0 Å². The Morgan fingerprint density at radius 2 is 1.94 bits per heavy atom. The second-order valence-electron chi connectivity index (χ2n) is 6.35. The zero-order valence-electron chi connectivity index (χ0n) is 17.3. The lowest BCUT2D eigenvalue weighted by molar-refractivity contribution is 0.303. The molecule has 0 radical (unpaired) electrons. The summed E-state index contributed by atoms with van der Waals surface area (Å²) in [5, 5.41) is 22.1. The first-order valence-electron chi connectivity index (χ1n) is 9.12. The van der Waals surface area contributed by atoms with Crippen molar-refractivity contribution < 1.29 is 23.4 Å². The average molecular weight is 463 g/mol. The van der Waals surface area contributed by atoms with Crippen LogP contribution in [0.5, 0.6) is 5.75 Å². The predicted molar refractivity (Wildman–Crippen MR) is 121 cm³/mol. The number of hydrogen-bond acceptors (Lipinski definition) is 6. The fourth-order valence-electron chi connectivity index (χ4n) is 2.63. The summed E-state index contributed by atoms with van der Waals surface area (Å²) in [7, 11) is -3.90. The standard InChI is InChI=1S/C22H23ClN2O5S/c1-5-16-12-18(13-24-19(16)6-2)30-22(15(4)26)20(27)9-10-25-31(28,29)21-8-7-17(23)11-14(21)3/h5-13,25-27H,4H2,1-3H3/b10-9+,16-5-,19-6+,22-20-. The number of rotatable bonds is 7. The maximum absolute atomic E-state index is 12.5. The van der Waals surface area contributed by atoms with Crippen molar-refractivity contribution in [2.45, 2.75) is 25.7 Å². The first-order valence-corrected chi connectivity index (χ1v) is 11.0. The second kappa shape index (κ2) is 10.2. The maximum atomic E-state index is 12.5. The monoisotopic (exact) mass is 462 g/mol. The minimum Gasteiger partial charge on any atom is -0.505 e. The number of halogens is 1. The molecule has 0 saturated carbocycles. The SMILES string of the molecule is C=C(O)/C(Oc1cnc(=C/C)/c(=C\C)c1)=C(O)\C=C\NS(=O)(=O)c1ccc(Cl)cc1C. The Bertz CT molecular complexity index is 1280. The molecule has 9 heteroatoms. The number of sulfonamides is 1. The molecule has 3 N–H and O–H groups in total. The molecular weight excluding hydrogens is 440 g/mol. The second-order valence-corrected chi connectivity index (χ2v) is 8.47. The molecule has 0 spiro atoms. The number of aromatic nitrogens is 1. The lowest BCUT2D eigenvalue weighted by Gasteiger charge is -2.10. The smallest absolute Gasteiger partial charge is 0.261 e. The Kier molecular flexibility index (Phi) is 7.90. The number of benzene rings is 1. The first-order chi connectivity index (χ1) is 14.6. The van der Waals surface area contributed by atoms with Gasteiger partial charge in [-0.2, -0.15) is 0 Å². The molecule has 0 amide bonds. The summed E-state index contributed by atoms with van der Waals surface area (Å²) in [4.78, 5) is 4.27. The molecule has 0 unspecified atom stereocenters. The van der Waals surface area contributed by atoms with Gasteiger partial charge >= 0.3 is 0 Å². The molecule has 1 aromatic carbocycles. The van der Waals surface area contributed by atoms with Gasteiger partial charge in [0.25, 0.3) is 10.0 Å². The molecule has 0 atom stereocenters. The van der Waals surface area contributed by atoms with Gasteiger partial charge in [-0.25, -0.2) is 8.42 Å². The summed E-state index contributed by atoms with van der Waals surface area (Å²) in [5.41, 5.74) is 0.463. The third-order valence-corrected chi connectivity index (χ3v) is 5.83. The van der Waals surface area contributed by atoms with Gasteiger partial charge in [0, 0.05) is 17.3 Å². The van der Waals surface area contributed by atoms with Crippen LogP contribution in [-0.4, -0.2) is 23.6 Å². The fraction of sp³-hybridized carbons (Fsp3) is 0.136. The minimum atomic E-state index is -3.90. The van der Waals surface area contributed by atoms with Crippen molar-refractivity contribution >= 4 is 33.8 Å². The normalized spacial score (nSPS) is 13.9. The largest absolute Gasteiger partial charge is 0.505 e. The number of aliphatic hydroxyl groups is 2. The van der Waals surface area contributed by atoms with E-state index < -0.39 is 21.5 Å².